The van der Waals surface area contributed by atoms with Gasteiger partial charge in [-0.3, -0.25) is 4.79 Å². The number of aromatic nitrogens is 2. The first-order valence-corrected chi connectivity index (χ1v) is 9.38. The average Bonchev–Trinajstić information content (AvgIpc) is 3.17. The number of hydrogen-bond donors (Lipinski definition) is 1. The molecule has 0 radical (unpaired) electrons. The Balaban J connectivity index is 1.40. The zero-order chi connectivity index (χ0) is 18.6. The van der Waals surface area contributed by atoms with Gasteiger partial charge in [-0.25, -0.2) is 4.68 Å². The molecular weight excluding hydrogens is 362 g/mol. The van der Waals surface area contributed by atoms with E-state index in [2.05, 4.69) is 22.5 Å². The van der Waals surface area contributed by atoms with Crippen LogP contribution in [0, 0.1) is 0 Å². The largest absolute Gasteiger partial charge is 0.470 e. The van der Waals surface area contributed by atoms with Crippen LogP contribution in [0.2, 0.25) is 5.02 Å². The highest BCUT2D eigenvalue weighted by Gasteiger charge is 2.22. The van der Waals surface area contributed by atoms with Gasteiger partial charge in [0.05, 0.1) is 11.1 Å². The molecule has 1 aromatic heterocycles. The number of para-hydroxylation sites is 1. The number of hydrogen-bond acceptors (Lipinski definition) is 3. The second-order valence-corrected chi connectivity index (χ2v) is 6.97. The first-order chi connectivity index (χ1) is 13.2. The lowest BCUT2D eigenvalue weighted by Crippen LogP contribution is -2.31. The van der Waals surface area contributed by atoms with Gasteiger partial charge in [0.25, 0.3) is 5.91 Å². The molecule has 1 aliphatic rings. The van der Waals surface area contributed by atoms with Crippen molar-refractivity contribution in [3.05, 3.63) is 82.6 Å². The van der Waals surface area contributed by atoms with E-state index in [0.29, 0.717) is 16.5 Å². The third kappa shape index (κ3) is 3.98. The number of carbonyl (C=O) groups excluding carboxylic acids is 1. The molecular formula is C21H20ClN3O2. The number of fused-ring (bicyclic) bond motifs is 1. The number of halogens is 1. The molecule has 1 aliphatic carbocycles. The number of rotatable bonds is 5. The van der Waals surface area contributed by atoms with Crippen molar-refractivity contribution in [2.45, 2.75) is 32.0 Å². The Hall–Kier alpha value is -2.79. The molecule has 4 rings (SSSR count). The molecule has 0 saturated carbocycles. The first-order valence-electron chi connectivity index (χ1n) is 9.00. The summed E-state index contributed by atoms with van der Waals surface area (Å²) in [5.41, 5.74) is 2.90. The van der Waals surface area contributed by atoms with Gasteiger partial charge in [0, 0.05) is 6.20 Å². The molecule has 1 unspecified atom stereocenters. The van der Waals surface area contributed by atoms with Crippen molar-refractivity contribution in [1.29, 1.82) is 0 Å². The number of nitrogens with zero attached hydrogens (tertiary/aromatic N) is 2. The van der Waals surface area contributed by atoms with Crippen LogP contribution in [0.4, 0.5) is 0 Å². The normalized spacial score (nSPS) is 15.8. The highest BCUT2D eigenvalue weighted by atomic mass is 35.5. The SMILES string of the molecule is O=C(NC1CCCc2ccccc21)c1ccn(COc2ccccc2Cl)n1. The number of amides is 1. The molecule has 1 amide bonds. The van der Waals surface area contributed by atoms with E-state index in [9.17, 15) is 4.79 Å². The van der Waals surface area contributed by atoms with Crippen LogP contribution in [0.25, 0.3) is 0 Å². The lowest BCUT2D eigenvalue weighted by atomic mass is 9.88. The summed E-state index contributed by atoms with van der Waals surface area (Å²) in [7, 11) is 0. The van der Waals surface area contributed by atoms with Crippen LogP contribution in [-0.4, -0.2) is 15.7 Å². The maximum atomic E-state index is 12.6. The second-order valence-electron chi connectivity index (χ2n) is 6.56. The Morgan fingerprint density at radius 1 is 1.19 bits per heavy atom. The first kappa shape index (κ1) is 17.6. The summed E-state index contributed by atoms with van der Waals surface area (Å²) in [6, 6.07) is 17.3. The molecule has 0 bridgehead atoms. The Morgan fingerprint density at radius 2 is 2.00 bits per heavy atom. The molecule has 2 aromatic carbocycles. The monoisotopic (exact) mass is 381 g/mol. The molecule has 5 nitrogen and oxygen atoms in total. The standard InChI is InChI=1S/C21H20ClN3O2/c22-17-9-3-4-11-20(17)27-14-25-13-12-19(24-25)21(26)23-18-10-5-7-15-6-1-2-8-16(15)18/h1-4,6,8-9,11-13,18H,5,7,10,14H2,(H,23,26). The van der Waals surface area contributed by atoms with Gasteiger partial charge in [-0.05, 0) is 48.6 Å². The molecule has 138 valence electrons. The zero-order valence-electron chi connectivity index (χ0n) is 14.8. The molecule has 3 aromatic rings. The van der Waals surface area contributed by atoms with Gasteiger partial charge < -0.3 is 10.1 Å². The van der Waals surface area contributed by atoms with Gasteiger partial charge in [0.15, 0.2) is 6.73 Å². The maximum absolute atomic E-state index is 12.6. The molecule has 27 heavy (non-hydrogen) atoms. The van der Waals surface area contributed by atoms with Crippen LogP contribution >= 0.6 is 11.6 Å². The van der Waals surface area contributed by atoms with Crippen LogP contribution in [0.15, 0.2) is 60.8 Å². The van der Waals surface area contributed by atoms with Gasteiger partial charge in [-0.15, -0.1) is 0 Å². The van der Waals surface area contributed by atoms with Crippen LogP contribution in [0.1, 0.15) is 40.5 Å². The topological polar surface area (TPSA) is 56.2 Å². The van der Waals surface area contributed by atoms with Gasteiger partial charge in [-0.1, -0.05) is 48.0 Å². The van der Waals surface area contributed by atoms with Gasteiger partial charge >= 0.3 is 0 Å². The Morgan fingerprint density at radius 3 is 2.89 bits per heavy atom. The van der Waals surface area contributed by atoms with E-state index >= 15 is 0 Å². The highest BCUT2D eigenvalue weighted by Crippen LogP contribution is 2.29. The van der Waals surface area contributed by atoms with Crippen molar-refractivity contribution in [2.75, 3.05) is 0 Å². The number of aryl methyl sites for hydroxylation is 1. The third-order valence-electron chi connectivity index (χ3n) is 4.74. The fraction of sp³-hybridized carbons (Fsp3) is 0.238. The predicted molar refractivity (Wildman–Crippen MR) is 104 cm³/mol. The Kier molecular flexibility index (Phi) is 5.12. The lowest BCUT2D eigenvalue weighted by molar-refractivity contribution is 0.0925. The minimum absolute atomic E-state index is 0.0342. The summed E-state index contributed by atoms with van der Waals surface area (Å²) in [6.45, 7) is 0.184. The lowest BCUT2D eigenvalue weighted by Gasteiger charge is -2.26. The number of carbonyl (C=O) groups is 1. The predicted octanol–water partition coefficient (Wildman–Crippen LogP) is 4.38. The van der Waals surface area contributed by atoms with Crippen molar-refractivity contribution in [2.24, 2.45) is 0 Å². The van der Waals surface area contributed by atoms with E-state index in [1.54, 1.807) is 29.1 Å². The summed E-state index contributed by atoms with van der Waals surface area (Å²) in [4.78, 5) is 12.6. The highest BCUT2D eigenvalue weighted by molar-refractivity contribution is 6.32. The van der Waals surface area contributed by atoms with Crippen molar-refractivity contribution >= 4 is 17.5 Å². The average molecular weight is 382 g/mol. The third-order valence-corrected chi connectivity index (χ3v) is 5.05. The van der Waals surface area contributed by atoms with Crippen LogP contribution in [0.5, 0.6) is 5.75 Å². The van der Waals surface area contributed by atoms with Crippen LogP contribution in [0.3, 0.4) is 0 Å². The van der Waals surface area contributed by atoms with E-state index in [1.807, 2.05) is 24.3 Å². The molecule has 1 heterocycles. The minimum Gasteiger partial charge on any atom is -0.470 e. The molecule has 0 spiro atoms. The molecule has 1 atom stereocenters. The molecule has 1 N–H and O–H groups in total. The zero-order valence-corrected chi connectivity index (χ0v) is 15.5. The van der Waals surface area contributed by atoms with Crippen LogP contribution in [-0.2, 0) is 13.2 Å². The molecule has 0 saturated heterocycles. The molecule has 6 heteroatoms. The number of ether oxygens (including phenoxy) is 1. The molecule has 0 fully saturated rings. The van der Waals surface area contributed by atoms with E-state index in [1.165, 1.54) is 11.1 Å². The summed E-state index contributed by atoms with van der Waals surface area (Å²) >= 11 is 6.08. The fourth-order valence-corrected chi connectivity index (χ4v) is 3.58. The van der Waals surface area contributed by atoms with E-state index < -0.39 is 0 Å². The van der Waals surface area contributed by atoms with Crippen molar-refractivity contribution < 1.29 is 9.53 Å². The van der Waals surface area contributed by atoms with Gasteiger partial charge in [0.2, 0.25) is 0 Å². The maximum Gasteiger partial charge on any atom is 0.272 e. The quantitative estimate of drug-likeness (QED) is 0.713. The second kappa shape index (κ2) is 7.84. The minimum atomic E-state index is -0.173. The Labute approximate surface area is 162 Å². The van der Waals surface area contributed by atoms with E-state index in [0.717, 1.165) is 19.3 Å². The molecule has 0 aliphatic heterocycles. The van der Waals surface area contributed by atoms with E-state index in [4.69, 9.17) is 16.3 Å². The summed E-state index contributed by atoms with van der Waals surface area (Å²) in [5, 5.41) is 7.96. The number of nitrogens with one attached hydrogen (secondary N) is 1. The number of benzene rings is 2. The van der Waals surface area contributed by atoms with E-state index in [-0.39, 0.29) is 18.7 Å². The van der Waals surface area contributed by atoms with Crippen molar-refractivity contribution in [1.82, 2.24) is 15.1 Å². The van der Waals surface area contributed by atoms with Crippen molar-refractivity contribution in [3.63, 3.8) is 0 Å². The van der Waals surface area contributed by atoms with Gasteiger partial charge in [-0.2, -0.15) is 5.10 Å². The Bertz CT molecular complexity index is 954. The van der Waals surface area contributed by atoms with Crippen LogP contribution < -0.4 is 10.1 Å². The summed E-state index contributed by atoms with van der Waals surface area (Å²) < 4.78 is 7.23. The smallest absolute Gasteiger partial charge is 0.272 e. The summed E-state index contributed by atoms with van der Waals surface area (Å²) in [6.07, 6.45) is 4.80. The summed E-state index contributed by atoms with van der Waals surface area (Å²) in [5.74, 6) is 0.410. The van der Waals surface area contributed by atoms with Gasteiger partial charge in [0.1, 0.15) is 11.4 Å². The van der Waals surface area contributed by atoms with Crippen molar-refractivity contribution in [3.8, 4) is 5.75 Å². The fourth-order valence-electron chi connectivity index (χ4n) is 3.39.